The molecule has 0 spiro atoms. The molecule has 3 heteroatoms. The molecule has 0 aliphatic carbocycles. The maximum atomic E-state index is 5.00. The SMILES string of the molecule is COCCNCc1ccc(CC(C)C)n1C. The van der Waals surface area contributed by atoms with Crippen molar-refractivity contribution < 1.29 is 4.74 Å². The summed E-state index contributed by atoms with van der Waals surface area (Å²) >= 11 is 0. The van der Waals surface area contributed by atoms with Crippen molar-refractivity contribution in [1.82, 2.24) is 9.88 Å². The fraction of sp³-hybridized carbons (Fsp3) is 0.692. The average Bonchev–Trinajstić information content (AvgIpc) is 2.56. The monoisotopic (exact) mass is 224 g/mol. The minimum Gasteiger partial charge on any atom is -0.383 e. The molecule has 0 saturated heterocycles. The van der Waals surface area contributed by atoms with E-state index in [2.05, 4.69) is 42.9 Å². The zero-order chi connectivity index (χ0) is 12.0. The standard InChI is InChI=1S/C13H24N2O/c1-11(2)9-12-5-6-13(15(12)3)10-14-7-8-16-4/h5-6,11,14H,7-10H2,1-4H3. The van der Waals surface area contributed by atoms with Gasteiger partial charge < -0.3 is 14.6 Å². The second-order valence-corrected chi connectivity index (χ2v) is 4.64. The van der Waals surface area contributed by atoms with E-state index in [1.807, 2.05) is 0 Å². The van der Waals surface area contributed by atoms with Gasteiger partial charge in [-0.1, -0.05) is 13.8 Å². The fourth-order valence-corrected chi connectivity index (χ4v) is 1.79. The molecular weight excluding hydrogens is 200 g/mol. The molecular formula is C13H24N2O. The molecule has 1 aromatic rings. The van der Waals surface area contributed by atoms with Crippen molar-refractivity contribution in [1.29, 1.82) is 0 Å². The topological polar surface area (TPSA) is 26.2 Å². The number of rotatable bonds is 7. The highest BCUT2D eigenvalue weighted by atomic mass is 16.5. The van der Waals surface area contributed by atoms with Crippen LogP contribution in [0.2, 0.25) is 0 Å². The number of hydrogen-bond donors (Lipinski definition) is 1. The maximum Gasteiger partial charge on any atom is 0.0587 e. The van der Waals surface area contributed by atoms with Gasteiger partial charge in [-0.25, -0.2) is 0 Å². The molecule has 92 valence electrons. The van der Waals surface area contributed by atoms with Crippen LogP contribution < -0.4 is 5.32 Å². The van der Waals surface area contributed by atoms with Crippen LogP contribution in [-0.2, 0) is 24.8 Å². The summed E-state index contributed by atoms with van der Waals surface area (Å²) in [5.41, 5.74) is 2.75. The van der Waals surface area contributed by atoms with Crippen LogP contribution in [0.25, 0.3) is 0 Å². The molecule has 16 heavy (non-hydrogen) atoms. The van der Waals surface area contributed by atoms with E-state index in [9.17, 15) is 0 Å². The predicted octanol–water partition coefficient (Wildman–Crippen LogP) is 1.96. The van der Waals surface area contributed by atoms with Gasteiger partial charge >= 0.3 is 0 Å². The van der Waals surface area contributed by atoms with E-state index < -0.39 is 0 Å². The Balaban J connectivity index is 2.45. The third kappa shape index (κ3) is 3.99. The molecule has 1 N–H and O–H groups in total. The van der Waals surface area contributed by atoms with Gasteiger partial charge in [0.15, 0.2) is 0 Å². The van der Waals surface area contributed by atoms with Crippen molar-refractivity contribution in [3.8, 4) is 0 Å². The summed E-state index contributed by atoms with van der Waals surface area (Å²) in [4.78, 5) is 0. The first-order chi connectivity index (χ1) is 7.65. The van der Waals surface area contributed by atoms with Crippen LogP contribution in [0.4, 0.5) is 0 Å². The molecule has 0 aliphatic heterocycles. The van der Waals surface area contributed by atoms with E-state index in [1.165, 1.54) is 11.4 Å². The van der Waals surface area contributed by atoms with Gasteiger partial charge in [0.2, 0.25) is 0 Å². The van der Waals surface area contributed by atoms with Crippen molar-refractivity contribution in [2.24, 2.45) is 13.0 Å². The van der Waals surface area contributed by atoms with Crippen molar-refractivity contribution >= 4 is 0 Å². The summed E-state index contributed by atoms with van der Waals surface area (Å²) < 4.78 is 7.29. The average molecular weight is 224 g/mol. The quantitative estimate of drug-likeness (QED) is 0.717. The summed E-state index contributed by atoms with van der Waals surface area (Å²) in [7, 11) is 3.87. The molecule has 0 fully saturated rings. The first-order valence-electron chi connectivity index (χ1n) is 5.98. The minimum atomic E-state index is 0.711. The van der Waals surface area contributed by atoms with Gasteiger partial charge in [-0.3, -0.25) is 0 Å². The lowest BCUT2D eigenvalue weighted by molar-refractivity contribution is 0.199. The van der Waals surface area contributed by atoms with E-state index in [0.29, 0.717) is 5.92 Å². The Kier molecular flexibility index (Phi) is 5.56. The Morgan fingerprint density at radius 1 is 1.31 bits per heavy atom. The zero-order valence-corrected chi connectivity index (χ0v) is 10.9. The second kappa shape index (κ2) is 6.71. The minimum absolute atomic E-state index is 0.711. The van der Waals surface area contributed by atoms with Crippen LogP contribution in [0.15, 0.2) is 12.1 Å². The highest BCUT2D eigenvalue weighted by Crippen LogP contribution is 2.11. The van der Waals surface area contributed by atoms with E-state index in [1.54, 1.807) is 7.11 Å². The van der Waals surface area contributed by atoms with Crippen LogP contribution in [0, 0.1) is 5.92 Å². The molecule has 0 bridgehead atoms. The van der Waals surface area contributed by atoms with Crippen molar-refractivity contribution in [3.05, 3.63) is 23.5 Å². The van der Waals surface area contributed by atoms with Crippen LogP contribution in [0.5, 0.6) is 0 Å². The van der Waals surface area contributed by atoms with Crippen LogP contribution in [0.1, 0.15) is 25.2 Å². The number of nitrogens with zero attached hydrogens (tertiary/aromatic N) is 1. The number of nitrogens with one attached hydrogen (secondary N) is 1. The molecule has 1 rings (SSSR count). The van der Waals surface area contributed by atoms with Gasteiger partial charge in [0.1, 0.15) is 0 Å². The van der Waals surface area contributed by atoms with Gasteiger partial charge in [0.25, 0.3) is 0 Å². The van der Waals surface area contributed by atoms with E-state index in [0.717, 1.165) is 26.1 Å². The summed E-state index contributed by atoms with van der Waals surface area (Å²) in [6.45, 7) is 7.09. The molecule has 3 nitrogen and oxygen atoms in total. The van der Waals surface area contributed by atoms with Gasteiger partial charge in [-0.15, -0.1) is 0 Å². The lowest BCUT2D eigenvalue weighted by Crippen LogP contribution is -2.20. The van der Waals surface area contributed by atoms with Gasteiger partial charge in [-0.05, 0) is 24.5 Å². The van der Waals surface area contributed by atoms with Crippen molar-refractivity contribution in [2.45, 2.75) is 26.8 Å². The largest absolute Gasteiger partial charge is 0.383 e. The Bertz CT molecular complexity index is 305. The molecule has 0 atom stereocenters. The lowest BCUT2D eigenvalue weighted by atomic mass is 10.1. The number of methoxy groups -OCH3 is 1. The molecule has 0 saturated carbocycles. The molecule has 0 amide bonds. The number of ether oxygens (including phenoxy) is 1. The molecule has 0 radical (unpaired) electrons. The summed E-state index contributed by atoms with van der Waals surface area (Å²) in [6.07, 6.45) is 1.15. The molecule has 0 unspecified atom stereocenters. The molecule has 0 aliphatic rings. The van der Waals surface area contributed by atoms with E-state index in [4.69, 9.17) is 4.74 Å². The number of hydrogen-bond acceptors (Lipinski definition) is 2. The van der Waals surface area contributed by atoms with Crippen molar-refractivity contribution in [2.75, 3.05) is 20.3 Å². The summed E-state index contributed by atoms with van der Waals surface area (Å²) in [5, 5.41) is 3.36. The zero-order valence-electron chi connectivity index (χ0n) is 10.9. The molecule has 1 aromatic heterocycles. The number of aromatic nitrogens is 1. The van der Waals surface area contributed by atoms with E-state index >= 15 is 0 Å². The Morgan fingerprint density at radius 2 is 2.00 bits per heavy atom. The third-order valence-corrected chi connectivity index (χ3v) is 2.74. The molecule has 0 aromatic carbocycles. The second-order valence-electron chi connectivity index (χ2n) is 4.64. The van der Waals surface area contributed by atoms with Gasteiger partial charge in [0, 0.05) is 38.6 Å². The maximum absolute atomic E-state index is 5.00. The summed E-state index contributed by atoms with van der Waals surface area (Å²) in [5.74, 6) is 0.711. The smallest absolute Gasteiger partial charge is 0.0587 e. The van der Waals surface area contributed by atoms with Crippen LogP contribution in [-0.4, -0.2) is 24.8 Å². The van der Waals surface area contributed by atoms with Crippen molar-refractivity contribution in [3.63, 3.8) is 0 Å². The first kappa shape index (κ1) is 13.3. The van der Waals surface area contributed by atoms with E-state index in [-0.39, 0.29) is 0 Å². The fourth-order valence-electron chi connectivity index (χ4n) is 1.79. The third-order valence-electron chi connectivity index (χ3n) is 2.74. The van der Waals surface area contributed by atoms with Gasteiger partial charge in [0.05, 0.1) is 6.61 Å². The highest BCUT2D eigenvalue weighted by Gasteiger charge is 2.05. The highest BCUT2D eigenvalue weighted by molar-refractivity contribution is 5.16. The lowest BCUT2D eigenvalue weighted by Gasteiger charge is -2.10. The first-order valence-corrected chi connectivity index (χ1v) is 5.98. The predicted molar refractivity (Wildman–Crippen MR) is 67.5 cm³/mol. The van der Waals surface area contributed by atoms with Crippen LogP contribution in [0.3, 0.4) is 0 Å². The normalized spacial score (nSPS) is 11.3. The Morgan fingerprint density at radius 3 is 2.62 bits per heavy atom. The Hall–Kier alpha value is -0.800. The van der Waals surface area contributed by atoms with Crippen LogP contribution >= 0.6 is 0 Å². The molecule has 1 heterocycles. The summed E-state index contributed by atoms with van der Waals surface area (Å²) in [6, 6.07) is 4.44. The Labute approximate surface area is 98.8 Å². The van der Waals surface area contributed by atoms with Gasteiger partial charge in [-0.2, -0.15) is 0 Å².